The summed E-state index contributed by atoms with van der Waals surface area (Å²) in [4.78, 5) is 27.2. The first-order valence-corrected chi connectivity index (χ1v) is 8.75. The Morgan fingerprint density at radius 2 is 2.00 bits per heavy atom. The molecule has 29 heavy (non-hydrogen) atoms. The van der Waals surface area contributed by atoms with Crippen LogP contribution in [0.5, 0.6) is 11.5 Å². The Morgan fingerprint density at radius 3 is 2.69 bits per heavy atom. The number of hydrogen-bond acceptors (Lipinski definition) is 6. The van der Waals surface area contributed by atoms with Gasteiger partial charge in [0.05, 0.1) is 18.1 Å². The Bertz CT molecular complexity index is 1020. The van der Waals surface area contributed by atoms with E-state index in [-0.39, 0.29) is 18.0 Å². The molecule has 150 valence electrons. The number of hydrogen-bond donors (Lipinski definition) is 1. The zero-order valence-electron chi connectivity index (χ0n) is 15.9. The average molecular weight is 396 g/mol. The van der Waals surface area contributed by atoms with Crippen LogP contribution in [0.15, 0.2) is 60.9 Å². The molecule has 1 amide bonds. The quantitative estimate of drug-likeness (QED) is 0.463. The topological polar surface area (TPSA) is 109 Å². The predicted octanol–water partition coefficient (Wildman–Crippen LogP) is 2.62. The number of methoxy groups -OCH3 is 1. The van der Waals surface area contributed by atoms with Crippen LogP contribution in [-0.2, 0) is 11.8 Å². The van der Waals surface area contributed by atoms with Crippen LogP contribution in [-0.4, -0.2) is 34.1 Å². The number of nitrogens with zero attached hydrogens (tertiary/aromatic N) is 3. The van der Waals surface area contributed by atoms with Gasteiger partial charge in [0.2, 0.25) is 0 Å². The SMILES string of the molecule is COc1cccc(C(NC(=O)COc2cccc([N+](=O)[O-])c2)c2nccn2C)c1. The lowest BCUT2D eigenvalue weighted by Gasteiger charge is -2.20. The number of nitro groups is 1. The molecule has 1 N–H and O–H groups in total. The molecule has 9 nitrogen and oxygen atoms in total. The summed E-state index contributed by atoms with van der Waals surface area (Å²) in [5.41, 5.74) is 0.688. The summed E-state index contributed by atoms with van der Waals surface area (Å²) in [5, 5.41) is 13.8. The fraction of sp³-hybridized carbons (Fsp3) is 0.200. The second-order valence-corrected chi connectivity index (χ2v) is 6.22. The first-order valence-electron chi connectivity index (χ1n) is 8.75. The van der Waals surface area contributed by atoms with E-state index < -0.39 is 16.9 Å². The molecule has 0 saturated heterocycles. The second kappa shape index (κ2) is 8.87. The van der Waals surface area contributed by atoms with Crippen LogP contribution in [0.1, 0.15) is 17.4 Å². The molecule has 0 bridgehead atoms. The number of imidazole rings is 1. The van der Waals surface area contributed by atoms with E-state index in [0.29, 0.717) is 11.6 Å². The number of aryl methyl sites for hydroxylation is 1. The summed E-state index contributed by atoms with van der Waals surface area (Å²) in [6.07, 6.45) is 3.43. The standard InChI is InChI=1S/C20H20N4O5/c1-23-10-9-21-20(23)19(14-5-3-7-16(11-14)28-2)22-18(25)13-29-17-8-4-6-15(12-17)24(26)27/h3-12,19H,13H2,1-2H3,(H,22,25). The number of carbonyl (C=O) groups excluding carboxylic acids is 1. The van der Waals surface area contributed by atoms with Crippen LogP contribution in [0.2, 0.25) is 0 Å². The van der Waals surface area contributed by atoms with E-state index in [1.165, 1.54) is 18.2 Å². The highest BCUT2D eigenvalue weighted by Gasteiger charge is 2.21. The maximum absolute atomic E-state index is 12.5. The molecule has 0 aliphatic rings. The zero-order valence-corrected chi connectivity index (χ0v) is 15.9. The van der Waals surface area contributed by atoms with Crippen LogP contribution in [0, 0.1) is 10.1 Å². The lowest BCUT2D eigenvalue weighted by molar-refractivity contribution is -0.384. The number of carbonyl (C=O) groups is 1. The minimum Gasteiger partial charge on any atom is -0.497 e. The summed E-state index contributed by atoms with van der Waals surface area (Å²) in [6.45, 7) is -0.300. The van der Waals surface area contributed by atoms with Crippen molar-refractivity contribution in [1.29, 1.82) is 0 Å². The van der Waals surface area contributed by atoms with Gasteiger partial charge in [-0.05, 0) is 23.8 Å². The minimum absolute atomic E-state index is 0.106. The van der Waals surface area contributed by atoms with Gasteiger partial charge in [-0.25, -0.2) is 4.98 Å². The Labute approximate surface area is 167 Å². The first kappa shape index (κ1) is 19.9. The molecule has 0 radical (unpaired) electrons. The summed E-state index contributed by atoms with van der Waals surface area (Å²) in [6, 6.07) is 12.5. The fourth-order valence-corrected chi connectivity index (χ4v) is 2.81. The van der Waals surface area contributed by atoms with Crippen LogP contribution < -0.4 is 14.8 Å². The van der Waals surface area contributed by atoms with E-state index in [1.807, 2.05) is 35.9 Å². The summed E-state index contributed by atoms with van der Waals surface area (Å²) in [5.74, 6) is 1.14. The number of nitro benzene ring substituents is 1. The Morgan fingerprint density at radius 1 is 1.24 bits per heavy atom. The fourth-order valence-electron chi connectivity index (χ4n) is 2.81. The predicted molar refractivity (Wildman–Crippen MR) is 105 cm³/mol. The van der Waals surface area contributed by atoms with E-state index in [1.54, 1.807) is 25.6 Å². The maximum Gasteiger partial charge on any atom is 0.273 e. The Hall–Kier alpha value is -3.88. The monoisotopic (exact) mass is 396 g/mol. The number of nitrogens with one attached hydrogen (secondary N) is 1. The lowest BCUT2D eigenvalue weighted by Crippen LogP contribution is -2.34. The molecule has 2 aromatic carbocycles. The molecular weight excluding hydrogens is 376 g/mol. The van der Waals surface area contributed by atoms with Gasteiger partial charge in [0.15, 0.2) is 6.61 Å². The zero-order chi connectivity index (χ0) is 20.8. The van der Waals surface area contributed by atoms with Gasteiger partial charge in [0, 0.05) is 25.5 Å². The Balaban J connectivity index is 1.75. The normalized spacial score (nSPS) is 11.5. The van der Waals surface area contributed by atoms with E-state index in [4.69, 9.17) is 9.47 Å². The number of benzene rings is 2. The molecule has 0 aliphatic heterocycles. The number of amides is 1. The van der Waals surface area contributed by atoms with Gasteiger partial charge in [-0.2, -0.15) is 0 Å². The van der Waals surface area contributed by atoms with Gasteiger partial charge in [-0.1, -0.05) is 18.2 Å². The van der Waals surface area contributed by atoms with Crippen molar-refractivity contribution >= 4 is 11.6 Å². The van der Waals surface area contributed by atoms with Crippen LogP contribution >= 0.6 is 0 Å². The van der Waals surface area contributed by atoms with Crippen molar-refractivity contribution in [3.05, 3.63) is 82.4 Å². The molecule has 3 rings (SSSR count). The van der Waals surface area contributed by atoms with Crippen LogP contribution in [0.4, 0.5) is 5.69 Å². The van der Waals surface area contributed by atoms with Gasteiger partial charge >= 0.3 is 0 Å². The molecule has 0 saturated carbocycles. The summed E-state index contributed by atoms with van der Waals surface area (Å²) >= 11 is 0. The Kier molecular flexibility index (Phi) is 6.08. The third-order valence-corrected chi connectivity index (χ3v) is 4.25. The van der Waals surface area contributed by atoms with Gasteiger partial charge in [0.1, 0.15) is 23.4 Å². The van der Waals surface area contributed by atoms with Gasteiger partial charge in [-0.15, -0.1) is 0 Å². The molecule has 9 heteroatoms. The van der Waals surface area contributed by atoms with Gasteiger partial charge in [0.25, 0.3) is 11.6 Å². The maximum atomic E-state index is 12.5. The third-order valence-electron chi connectivity index (χ3n) is 4.25. The van der Waals surface area contributed by atoms with Crippen molar-refractivity contribution in [2.24, 2.45) is 7.05 Å². The highest BCUT2D eigenvalue weighted by molar-refractivity contribution is 5.78. The highest BCUT2D eigenvalue weighted by Crippen LogP contribution is 2.24. The lowest BCUT2D eigenvalue weighted by atomic mass is 10.1. The van der Waals surface area contributed by atoms with E-state index in [9.17, 15) is 14.9 Å². The van der Waals surface area contributed by atoms with Crippen molar-refractivity contribution in [3.63, 3.8) is 0 Å². The highest BCUT2D eigenvalue weighted by atomic mass is 16.6. The van der Waals surface area contributed by atoms with Gasteiger partial charge in [-0.3, -0.25) is 14.9 Å². The van der Waals surface area contributed by atoms with Crippen LogP contribution in [0.25, 0.3) is 0 Å². The number of ether oxygens (including phenoxy) is 2. The van der Waals surface area contributed by atoms with Crippen molar-refractivity contribution in [2.45, 2.75) is 6.04 Å². The molecule has 0 spiro atoms. The van der Waals surface area contributed by atoms with E-state index in [0.717, 1.165) is 5.56 Å². The summed E-state index contributed by atoms with van der Waals surface area (Å²) in [7, 11) is 3.40. The van der Waals surface area contributed by atoms with Gasteiger partial charge < -0.3 is 19.4 Å². The van der Waals surface area contributed by atoms with Crippen LogP contribution in [0.3, 0.4) is 0 Å². The smallest absolute Gasteiger partial charge is 0.273 e. The van der Waals surface area contributed by atoms with Crippen molar-refractivity contribution in [1.82, 2.24) is 14.9 Å². The molecule has 3 aromatic rings. The number of rotatable bonds is 8. The third kappa shape index (κ3) is 4.89. The largest absolute Gasteiger partial charge is 0.497 e. The molecule has 0 fully saturated rings. The summed E-state index contributed by atoms with van der Waals surface area (Å²) < 4.78 is 12.5. The molecule has 1 heterocycles. The van der Waals surface area contributed by atoms with E-state index >= 15 is 0 Å². The molecule has 1 unspecified atom stereocenters. The number of aromatic nitrogens is 2. The second-order valence-electron chi connectivity index (χ2n) is 6.22. The van der Waals surface area contributed by atoms with Crippen molar-refractivity contribution in [2.75, 3.05) is 13.7 Å². The average Bonchev–Trinajstić information content (AvgIpc) is 3.16. The number of non-ortho nitro benzene ring substituents is 1. The minimum atomic E-state index is -0.522. The molecular formula is C20H20N4O5. The van der Waals surface area contributed by atoms with Crippen molar-refractivity contribution in [3.8, 4) is 11.5 Å². The van der Waals surface area contributed by atoms with Crippen molar-refractivity contribution < 1.29 is 19.2 Å². The molecule has 1 atom stereocenters. The van der Waals surface area contributed by atoms with E-state index in [2.05, 4.69) is 10.3 Å². The molecule has 1 aromatic heterocycles. The molecule has 0 aliphatic carbocycles. The first-order chi connectivity index (χ1) is 14.0.